The Kier molecular flexibility index (Phi) is 4.33. The highest BCUT2D eigenvalue weighted by Crippen LogP contribution is 2.52. The van der Waals surface area contributed by atoms with Crippen LogP contribution in [0.3, 0.4) is 0 Å². The molecule has 0 fully saturated rings. The summed E-state index contributed by atoms with van der Waals surface area (Å²) in [6, 6.07) is 8.26. The zero-order valence-electron chi connectivity index (χ0n) is 9.82. The zero-order chi connectivity index (χ0) is 10.9. The van der Waals surface area contributed by atoms with Crippen molar-refractivity contribution < 1.29 is 9.47 Å². The first kappa shape index (κ1) is 13.5. The van der Waals surface area contributed by atoms with Crippen molar-refractivity contribution in [1.82, 2.24) is 5.32 Å². The molecule has 0 saturated heterocycles. The van der Waals surface area contributed by atoms with Crippen LogP contribution < -0.4 is 5.32 Å². The number of ether oxygens (including phenoxy) is 2. The SMILES string of the molecule is CNCC1c2ccccc2C1(OC)OC.Cl. The fourth-order valence-electron chi connectivity index (χ4n) is 2.47. The van der Waals surface area contributed by atoms with E-state index in [1.165, 1.54) is 5.56 Å². The van der Waals surface area contributed by atoms with E-state index in [2.05, 4.69) is 23.5 Å². The second-order valence-electron chi connectivity index (χ2n) is 3.77. The van der Waals surface area contributed by atoms with Crippen molar-refractivity contribution in [3.8, 4) is 0 Å². The molecule has 0 aromatic heterocycles. The van der Waals surface area contributed by atoms with Gasteiger partial charge in [-0.25, -0.2) is 0 Å². The van der Waals surface area contributed by atoms with E-state index in [9.17, 15) is 0 Å². The van der Waals surface area contributed by atoms with E-state index in [1.54, 1.807) is 14.2 Å². The van der Waals surface area contributed by atoms with Gasteiger partial charge in [0.05, 0.1) is 5.92 Å². The van der Waals surface area contributed by atoms with Gasteiger partial charge < -0.3 is 14.8 Å². The molecule has 1 N–H and O–H groups in total. The first-order chi connectivity index (χ1) is 7.30. The van der Waals surface area contributed by atoms with Crippen molar-refractivity contribution in [3.05, 3.63) is 35.4 Å². The monoisotopic (exact) mass is 243 g/mol. The first-order valence-corrected chi connectivity index (χ1v) is 5.14. The van der Waals surface area contributed by atoms with Gasteiger partial charge in [-0.15, -0.1) is 12.4 Å². The highest BCUT2D eigenvalue weighted by atomic mass is 35.5. The van der Waals surface area contributed by atoms with Crippen molar-refractivity contribution >= 4 is 12.4 Å². The molecule has 0 heterocycles. The predicted molar refractivity (Wildman–Crippen MR) is 66.1 cm³/mol. The summed E-state index contributed by atoms with van der Waals surface area (Å²) in [5, 5.41) is 3.17. The van der Waals surface area contributed by atoms with Gasteiger partial charge in [-0.1, -0.05) is 24.3 Å². The topological polar surface area (TPSA) is 30.5 Å². The molecule has 1 aromatic rings. The van der Waals surface area contributed by atoms with Gasteiger partial charge >= 0.3 is 0 Å². The van der Waals surface area contributed by atoms with Crippen molar-refractivity contribution in [2.24, 2.45) is 0 Å². The summed E-state index contributed by atoms with van der Waals surface area (Å²) < 4.78 is 11.1. The number of hydrogen-bond acceptors (Lipinski definition) is 3. The van der Waals surface area contributed by atoms with Crippen LogP contribution in [0.25, 0.3) is 0 Å². The van der Waals surface area contributed by atoms with Crippen molar-refractivity contribution in [2.45, 2.75) is 11.7 Å². The molecule has 1 aliphatic carbocycles. The summed E-state index contributed by atoms with van der Waals surface area (Å²) in [6.07, 6.45) is 0. The lowest BCUT2D eigenvalue weighted by molar-refractivity contribution is -0.249. The maximum absolute atomic E-state index is 5.55. The molecule has 90 valence electrons. The van der Waals surface area contributed by atoms with E-state index in [0.717, 1.165) is 12.1 Å². The Morgan fingerprint density at radius 1 is 1.25 bits per heavy atom. The average Bonchev–Trinajstić information content (AvgIpc) is 2.28. The van der Waals surface area contributed by atoms with Crippen molar-refractivity contribution in [1.29, 1.82) is 0 Å². The maximum Gasteiger partial charge on any atom is 0.202 e. The van der Waals surface area contributed by atoms with E-state index in [1.807, 2.05) is 13.1 Å². The van der Waals surface area contributed by atoms with Crippen molar-refractivity contribution in [2.75, 3.05) is 27.8 Å². The summed E-state index contributed by atoms with van der Waals surface area (Å²) in [7, 11) is 5.33. The maximum atomic E-state index is 5.55. The fraction of sp³-hybridized carbons (Fsp3) is 0.500. The molecule has 3 nitrogen and oxygen atoms in total. The lowest BCUT2D eigenvalue weighted by Crippen LogP contribution is -2.50. The molecule has 1 unspecified atom stereocenters. The minimum atomic E-state index is -0.556. The molecule has 1 aliphatic rings. The summed E-state index contributed by atoms with van der Waals surface area (Å²) in [4.78, 5) is 0. The number of benzene rings is 1. The second kappa shape index (κ2) is 5.15. The van der Waals surface area contributed by atoms with Gasteiger partial charge in [-0.3, -0.25) is 0 Å². The minimum Gasteiger partial charge on any atom is -0.349 e. The van der Waals surface area contributed by atoms with Gasteiger partial charge in [-0.05, 0) is 12.6 Å². The van der Waals surface area contributed by atoms with Crippen LogP contribution in [-0.4, -0.2) is 27.8 Å². The van der Waals surface area contributed by atoms with E-state index in [4.69, 9.17) is 9.47 Å². The van der Waals surface area contributed by atoms with Gasteiger partial charge in [0.15, 0.2) is 0 Å². The normalized spacial score (nSPS) is 20.6. The van der Waals surface area contributed by atoms with Crippen LogP contribution in [0, 0.1) is 0 Å². The Labute approximate surface area is 103 Å². The van der Waals surface area contributed by atoms with Gasteiger partial charge in [0.2, 0.25) is 5.79 Å². The number of halogens is 1. The molecule has 16 heavy (non-hydrogen) atoms. The molecule has 0 bridgehead atoms. The van der Waals surface area contributed by atoms with Gasteiger partial charge in [-0.2, -0.15) is 0 Å². The molecule has 1 atom stereocenters. The second-order valence-corrected chi connectivity index (χ2v) is 3.77. The Morgan fingerprint density at radius 2 is 1.88 bits per heavy atom. The number of nitrogens with one attached hydrogen (secondary N) is 1. The van der Waals surface area contributed by atoms with E-state index in [0.29, 0.717) is 0 Å². The summed E-state index contributed by atoms with van der Waals surface area (Å²) >= 11 is 0. The Morgan fingerprint density at radius 3 is 2.44 bits per heavy atom. The highest BCUT2D eigenvalue weighted by Gasteiger charge is 2.52. The van der Waals surface area contributed by atoms with Crippen LogP contribution in [0.1, 0.15) is 17.0 Å². The molecule has 4 heteroatoms. The number of methoxy groups -OCH3 is 2. The number of hydrogen-bond donors (Lipinski definition) is 1. The third kappa shape index (κ3) is 1.64. The fourth-order valence-corrected chi connectivity index (χ4v) is 2.47. The van der Waals surface area contributed by atoms with E-state index < -0.39 is 5.79 Å². The molecule has 0 radical (unpaired) electrons. The zero-order valence-corrected chi connectivity index (χ0v) is 10.6. The van der Waals surface area contributed by atoms with Gasteiger partial charge in [0, 0.05) is 26.3 Å². The highest BCUT2D eigenvalue weighted by molar-refractivity contribution is 5.85. The molecule has 0 saturated carbocycles. The average molecular weight is 244 g/mol. The van der Waals surface area contributed by atoms with Gasteiger partial charge in [0.1, 0.15) is 0 Å². The van der Waals surface area contributed by atoms with E-state index in [-0.39, 0.29) is 18.3 Å². The third-order valence-electron chi connectivity index (χ3n) is 3.19. The number of rotatable bonds is 4. The molecule has 0 spiro atoms. The van der Waals surface area contributed by atoms with Gasteiger partial charge in [0.25, 0.3) is 0 Å². The summed E-state index contributed by atoms with van der Waals surface area (Å²) in [5.41, 5.74) is 2.46. The standard InChI is InChI=1S/C12H17NO2.ClH/c1-13-8-11-9-6-4-5-7-10(9)12(11,14-2)15-3;/h4-7,11,13H,8H2,1-3H3;1H. The summed E-state index contributed by atoms with van der Waals surface area (Å²) in [5.74, 6) is -0.284. The van der Waals surface area contributed by atoms with Crippen LogP contribution in [0.2, 0.25) is 0 Å². The Bertz CT molecular complexity index is 353. The number of fused-ring (bicyclic) bond motifs is 1. The third-order valence-corrected chi connectivity index (χ3v) is 3.19. The van der Waals surface area contributed by atoms with Crippen molar-refractivity contribution in [3.63, 3.8) is 0 Å². The first-order valence-electron chi connectivity index (χ1n) is 5.14. The lowest BCUT2D eigenvalue weighted by Gasteiger charge is -2.48. The Hall–Kier alpha value is -0.610. The Balaban J connectivity index is 0.00000128. The van der Waals surface area contributed by atoms with Crippen LogP contribution in [-0.2, 0) is 15.3 Å². The largest absolute Gasteiger partial charge is 0.349 e. The van der Waals surface area contributed by atoms with Crippen LogP contribution in [0.4, 0.5) is 0 Å². The quantitative estimate of drug-likeness (QED) is 0.819. The lowest BCUT2D eigenvalue weighted by atomic mass is 9.71. The molecular weight excluding hydrogens is 226 g/mol. The molecule has 0 aliphatic heterocycles. The minimum absolute atomic E-state index is 0. The smallest absolute Gasteiger partial charge is 0.202 e. The molecule has 0 amide bonds. The molecule has 2 rings (SSSR count). The predicted octanol–water partition coefficient (Wildman–Crippen LogP) is 1.87. The summed E-state index contributed by atoms with van der Waals surface area (Å²) in [6.45, 7) is 0.860. The van der Waals surface area contributed by atoms with Crippen LogP contribution in [0.15, 0.2) is 24.3 Å². The van der Waals surface area contributed by atoms with Crippen LogP contribution in [0.5, 0.6) is 0 Å². The van der Waals surface area contributed by atoms with E-state index >= 15 is 0 Å². The molecular formula is C12H18ClNO2. The number of likely N-dealkylation sites (N-methyl/N-ethyl adjacent to an activating group) is 1. The van der Waals surface area contributed by atoms with Crippen LogP contribution >= 0.6 is 12.4 Å². The molecule has 1 aromatic carbocycles.